The number of para-hydroxylation sites is 4. The molecule has 0 fully saturated rings. The fourth-order valence-electron chi connectivity index (χ4n) is 7.07. The number of nitrogens with zero attached hydrogens (tertiary/aromatic N) is 5. The molecule has 10 aromatic rings. The first kappa shape index (κ1) is 28.8. The SMILES string of the molecule is CC(C)(C)c1ccc2c3ccc(Oc4[c-]c5c(cc4)c4ccncc4n4c6ccccc6nc54)[c-]c3c3nc4ccccc4n3c2c1.[Pd+2]. The Morgan fingerprint density at radius 3 is 1.73 bits per heavy atom. The van der Waals surface area contributed by atoms with E-state index in [1.165, 1.54) is 5.56 Å². The molecule has 232 valence electrons. The number of hydrogen-bond donors (Lipinski definition) is 0. The minimum absolute atomic E-state index is 0. The second-order valence-corrected chi connectivity index (χ2v) is 13.2. The van der Waals surface area contributed by atoms with Gasteiger partial charge in [-0.25, -0.2) is 0 Å². The first-order valence-electron chi connectivity index (χ1n) is 15.8. The van der Waals surface area contributed by atoms with Crippen molar-refractivity contribution in [1.29, 1.82) is 0 Å². The molecule has 0 spiro atoms. The van der Waals surface area contributed by atoms with Gasteiger partial charge in [0.1, 0.15) is 0 Å². The number of ether oxygens (including phenoxy) is 1. The second kappa shape index (κ2) is 10.3. The Hall–Kier alpha value is -5.35. The monoisotopic (exact) mass is 711 g/mol. The van der Waals surface area contributed by atoms with Crippen molar-refractivity contribution in [3.63, 3.8) is 0 Å². The fraction of sp³-hybridized carbons (Fsp3) is 0.0976. The third-order valence-corrected chi connectivity index (χ3v) is 9.35. The van der Waals surface area contributed by atoms with Crippen LogP contribution in [0.2, 0.25) is 0 Å². The molecule has 10 rings (SSSR count). The zero-order valence-electron chi connectivity index (χ0n) is 26.4. The first-order valence-corrected chi connectivity index (χ1v) is 15.8. The van der Waals surface area contributed by atoms with Crippen LogP contribution in [0.5, 0.6) is 11.5 Å². The number of fused-ring (bicyclic) bond motifs is 16. The van der Waals surface area contributed by atoms with Crippen molar-refractivity contribution in [2.75, 3.05) is 0 Å². The van der Waals surface area contributed by atoms with Crippen molar-refractivity contribution in [1.82, 2.24) is 23.8 Å². The summed E-state index contributed by atoms with van der Waals surface area (Å²) in [5.41, 5.74) is 9.09. The van der Waals surface area contributed by atoms with Gasteiger partial charge in [-0.1, -0.05) is 103 Å². The molecular weight excluding hydrogens is 685 g/mol. The summed E-state index contributed by atoms with van der Waals surface area (Å²) >= 11 is 0. The van der Waals surface area contributed by atoms with E-state index in [1.54, 1.807) is 0 Å². The van der Waals surface area contributed by atoms with Crippen molar-refractivity contribution in [3.8, 4) is 11.5 Å². The molecule has 0 saturated heterocycles. The topological polar surface area (TPSA) is 56.7 Å². The molecule has 0 amide bonds. The van der Waals surface area contributed by atoms with Gasteiger partial charge in [0.25, 0.3) is 0 Å². The van der Waals surface area contributed by atoms with E-state index in [2.05, 4.69) is 101 Å². The standard InChI is InChI=1S/C41H27N5O.Pd/c1-41(2,3)24-12-15-29-27-16-13-25(21-31(27)39-43-33-8-4-6-10-35(33)45(39)37(29)20-24)47-26-14-17-28-30-18-19-42-23-38(30)46-36-11-7-5-9-34(36)44-40(46)32(28)22-26;/h4-20,23H,1-3H3;/q-2;+2. The molecule has 0 aliphatic rings. The molecule has 0 aliphatic heterocycles. The number of rotatable bonds is 2. The molecule has 0 aliphatic carbocycles. The molecule has 48 heavy (non-hydrogen) atoms. The maximum atomic E-state index is 6.53. The number of hydrogen-bond acceptors (Lipinski definition) is 4. The van der Waals surface area contributed by atoms with Crippen LogP contribution in [0.3, 0.4) is 0 Å². The first-order chi connectivity index (χ1) is 22.9. The Morgan fingerprint density at radius 1 is 0.583 bits per heavy atom. The van der Waals surface area contributed by atoms with E-state index in [-0.39, 0.29) is 25.8 Å². The van der Waals surface area contributed by atoms with E-state index < -0.39 is 0 Å². The van der Waals surface area contributed by atoms with Gasteiger partial charge in [0.05, 0.1) is 38.9 Å². The summed E-state index contributed by atoms with van der Waals surface area (Å²) in [6.45, 7) is 6.75. The molecule has 0 atom stereocenters. The molecule has 0 N–H and O–H groups in total. The summed E-state index contributed by atoms with van der Waals surface area (Å²) in [6.07, 6.45) is 3.73. The molecule has 7 heteroatoms. The number of pyridine rings is 3. The predicted molar refractivity (Wildman–Crippen MR) is 190 cm³/mol. The van der Waals surface area contributed by atoms with Gasteiger partial charge in [-0.3, -0.25) is 15.0 Å². The van der Waals surface area contributed by atoms with Gasteiger partial charge in [0.2, 0.25) is 0 Å². The van der Waals surface area contributed by atoms with E-state index in [0.717, 1.165) is 76.7 Å². The molecule has 5 heterocycles. The van der Waals surface area contributed by atoms with Crippen molar-refractivity contribution in [2.24, 2.45) is 0 Å². The smallest absolute Gasteiger partial charge is 0.497 e. The summed E-state index contributed by atoms with van der Waals surface area (Å²) in [5, 5.41) is 6.17. The summed E-state index contributed by atoms with van der Waals surface area (Å²) in [4.78, 5) is 14.6. The van der Waals surface area contributed by atoms with Gasteiger partial charge in [-0.05, 0) is 58.1 Å². The van der Waals surface area contributed by atoms with Crippen LogP contribution in [-0.4, -0.2) is 23.8 Å². The Balaban J connectivity index is 0.00000314. The average molecular weight is 712 g/mol. The fourth-order valence-corrected chi connectivity index (χ4v) is 7.07. The maximum Gasteiger partial charge on any atom is 2.00 e. The van der Waals surface area contributed by atoms with Crippen molar-refractivity contribution in [2.45, 2.75) is 26.2 Å². The van der Waals surface area contributed by atoms with Crippen molar-refractivity contribution in [3.05, 3.63) is 127 Å². The van der Waals surface area contributed by atoms with E-state index in [9.17, 15) is 0 Å². The van der Waals surface area contributed by atoms with E-state index in [4.69, 9.17) is 14.7 Å². The zero-order valence-corrected chi connectivity index (χ0v) is 27.9. The van der Waals surface area contributed by atoms with Gasteiger partial charge in [0.15, 0.2) is 0 Å². The van der Waals surface area contributed by atoms with Crippen molar-refractivity contribution < 1.29 is 25.2 Å². The van der Waals surface area contributed by atoms with E-state index >= 15 is 0 Å². The Kier molecular flexibility index (Phi) is 6.20. The van der Waals surface area contributed by atoms with Gasteiger partial charge >= 0.3 is 20.4 Å². The van der Waals surface area contributed by atoms with Crippen LogP contribution in [0.15, 0.2) is 109 Å². The van der Waals surface area contributed by atoms with Gasteiger partial charge < -0.3 is 13.5 Å². The Morgan fingerprint density at radius 2 is 1.12 bits per heavy atom. The number of benzene rings is 5. The summed E-state index contributed by atoms with van der Waals surface area (Å²) in [5.74, 6) is 1.19. The normalized spacial score (nSPS) is 12.3. The summed E-state index contributed by atoms with van der Waals surface area (Å²) in [6, 6.07) is 40.6. The van der Waals surface area contributed by atoms with Crippen LogP contribution in [0.25, 0.3) is 76.7 Å². The van der Waals surface area contributed by atoms with Crippen LogP contribution in [0, 0.1) is 12.1 Å². The maximum absolute atomic E-state index is 6.53. The molecule has 0 saturated carbocycles. The Labute approximate surface area is 289 Å². The minimum Gasteiger partial charge on any atom is -0.497 e. The number of aromatic nitrogens is 5. The minimum atomic E-state index is 0. The number of imidazole rings is 2. The molecular formula is C41H27N5OPd. The molecule has 6 nitrogen and oxygen atoms in total. The van der Waals surface area contributed by atoms with Crippen LogP contribution in [-0.2, 0) is 25.8 Å². The van der Waals surface area contributed by atoms with Crippen LogP contribution in [0.4, 0.5) is 0 Å². The average Bonchev–Trinajstić information content (AvgIpc) is 3.68. The van der Waals surface area contributed by atoms with Crippen molar-refractivity contribution >= 4 is 76.7 Å². The summed E-state index contributed by atoms with van der Waals surface area (Å²) in [7, 11) is 0. The largest absolute Gasteiger partial charge is 2.00 e. The van der Waals surface area contributed by atoms with Crippen LogP contribution >= 0.6 is 0 Å². The molecule has 5 aromatic carbocycles. The molecule has 0 unspecified atom stereocenters. The molecule has 0 bridgehead atoms. The van der Waals surface area contributed by atoms with Crippen LogP contribution in [0.1, 0.15) is 26.3 Å². The zero-order chi connectivity index (χ0) is 31.4. The third-order valence-electron chi connectivity index (χ3n) is 9.35. The molecule has 5 aromatic heterocycles. The van der Waals surface area contributed by atoms with E-state index in [1.807, 2.05) is 54.9 Å². The molecule has 0 radical (unpaired) electrons. The second-order valence-electron chi connectivity index (χ2n) is 13.2. The predicted octanol–water partition coefficient (Wildman–Crippen LogP) is 9.98. The van der Waals surface area contributed by atoms with Gasteiger partial charge in [-0.15, -0.1) is 12.1 Å². The van der Waals surface area contributed by atoms with Gasteiger partial charge in [-0.2, -0.15) is 0 Å². The third kappa shape index (κ3) is 4.11. The Bertz CT molecular complexity index is 2930. The quantitative estimate of drug-likeness (QED) is 0.102. The van der Waals surface area contributed by atoms with E-state index in [0.29, 0.717) is 11.5 Å². The van der Waals surface area contributed by atoms with Gasteiger partial charge in [0, 0.05) is 29.4 Å². The summed E-state index contributed by atoms with van der Waals surface area (Å²) < 4.78 is 11.0. The van der Waals surface area contributed by atoms with Crippen LogP contribution < -0.4 is 4.74 Å².